The van der Waals surface area contributed by atoms with Crippen LogP contribution in [0.3, 0.4) is 0 Å². The van der Waals surface area contributed by atoms with Gasteiger partial charge in [-0.05, 0) is 49.3 Å². The molecule has 1 N–H and O–H groups in total. The minimum atomic E-state index is -0.193. The summed E-state index contributed by atoms with van der Waals surface area (Å²) in [6, 6.07) is 6.35. The molecule has 0 amide bonds. The molecule has 21 heavy (non-hydrogen) atoms. The van der Waals surface area contributed by atoms with Gasteiger partial charge in [-0.2, -0.15) is 0 Å². The zero-order valence-electron chi connectivity index (χ0n) is 12.7. The molecule has 0 radical (unpaired) electrons. The number of nitrogens with zero attached hydrogens (tertiary/aromatic N) is 1. The van der Waals surface area contributed by atoms with Crippen molar-refractivity contribution in [2.45, 2.75) is 32.7 Å². The molecule has 0 bridgehead atoms. The first-order valence-corrected chi connectivity index (χ1v) is 7.99. The van der Waals surface area contributed by atoms with Crippen LogP contribution in [0.5, 0.6) is 0 Å². The van der Waals surface area contributed by atoms with Crippen LogP contribution in [0.1, 0.15) is 30.9 Å². The smallest absolute Gasteiger partial charge is 0.325 e. The minimum absolute atomic E-state index is 0.193. The lowest BCUT2D eigenvalue weighted by atomic mass is 9.97. The molecule has 0 unspecified atom stereocenters. The van der Waals surface area contributed by atoms with E-state index in [4.69, 9.17) is 4.74 Å². The van der Waals surface area contributed by atoms with Crippen LogP contribution in [0.2, 0.25) is 0 Å². The minimum Gasteiger partial charge on any atom is -0.465 e. The van der Waals surface area contributed by atoms with E-state index in [0.717, 1.165) is 31.1 Å². The second-order valence-electron chi connectivity index (χ2n) is 6.03. The van der Waals surface area contributed by atoms with E-state index in [-0.39, 0.29) is 12.5 Å². The molecule has 1 aliphatic heterocycles. The molecule has 0 spiro atoms. The Morgan fingerprint density at radius 3 is 3.05 bits per heavy atom. The number of esters is 1. The molecule has 1 aromatic carbocycles. The van der Waals surface area contributed by atoms with Gasteiger partial charge in [0.2, 0.25) is 0 Å². The molecule has 1 aromatic rings. The SMILES string of the molecule is CCOC(=O)CNc1cccc2c1CCN(CC1CC1)C2. The zero-order valence-corrected chi connectivity index (χ0v) is 12.7. The Hall–Kier alpha value is -1.55. The fraction of sp³-hybridized carbons (Fsp3) is 0.588. The summed E-state index contributed by atoms with van der Waals surface area (Å²) >= 11 is 0. The number of fused-ring (bicyclic) bond motifs is 1. The molecule has 4 heteroatoms. The standard InChI is InChI=1S/C17H24N2O2/c1-2-21-17(20)10-18-16-5-3-4-14-12-19(9-8-15(14)16)11-13-6-7-13/h3-5,13,18H,2,6-12H2,1H3. The van der Waals surface area contributed by atoms with E-state index in [0.29, 0.717) is 6.61 Å². The maximum atomic E-state index is 11.5. The summed E-state index contributed by atoms with van der Waals surface area (Å²) in [7, 11) is 0. The summed E-state index contributed by atoms with van der Waals surface area (Å²) in [4.78, 5) is 14.0. The second kappa shape index (κ2) is 6.48. The van der Waals surface area contributed by atoms with Crippen LogP contribution in [0.15, 0.2) is 18.2 Å². The van der Waals surface area contributed by atoms with Crippen LogP contribution >= 0.6 is 0 Å². The van der Waals surface area contributed by atoms with Gasteiger partial charge in [0, 0.05) is 25.3 Å². The number of anilines is 1. The lowest BCUT2D eigenvalue weighted by Gasteiger charge is -2.30. The average Bonchev–Trinajstić information content (AvgIpc) is 3.29. The van der Waals surface area contributed by atoms with E-state index in [2.05, 4.69) is 28.4 Å². The van der Waals surface area contributed by atoms with E-state index in [1.165, 1.54) is 30.5 Å². The number of carbonyl (C=O) groups is 1. The summed E-state index contributed by atoms with van der Waals surface area (Å²) in [5.41, 5.74) is 3.86. The molecular formula is C17H24N2O2. The molecule has 114 valence electrons. The van der Waals surface area contributed by atoms with Crippen molar-refractivity contribution in [3.8, 4) is 0 Å². The van der Waals surface area contributed by atoms with Crippen LogP contribution in [0.4, 0.5) is 5.69 Å². The van der Waals surface area contributed by atoms with Crippen molar-refractivity contribution in [1.82, 2.24) is 4.90 Å². The maximum absolute atomic E-state index is 11.5. The predicted molar refractivity (Wildman–Crippen MR) is 83.3 cm³/mol. The molecule has 2 aliphatic rings. The fourth-order valence-corrected chi connectivity index (χ4v) is 3.03. The summed E-state index contributed by atoms with van der Waals surface area (Å²) < 4.78 is 4.97. The van der Waals surface area contributed by atoms with Crippen LogP contribution in [-0.2, 0) is 22.5 Å². The second-order valence-corrected chi connectivity index (χ2v) is 6.03. The molecule has 1 saturated carbocycles. The number of benzene rings is 1. The van der Waals surface area contributed by atoms with Crippen molar-refractivity contribution in [3.05, 3.63) is 29.3 Å². The van der Waals surface area contributed by atoms with Crippen molar-refractivity contribution in [2.75, 3.05) is 31.6 Å². The van der Waals surface area contributed by atoms with Gasteiger partial charge in [-0.25, -0.2) is 0 Å². The van der Waals surface area contributed by atoms with Crippen molar-refractivity contribution in [3.63, 3.8) is 0 Å². The van der Waals surface area contributed by atoms with E-state index in [1.807, 2.05) is 6.92 Å². The van der Waals surface area contributed by atoms with E-state index in [1.54, 1.807) is 0 Å². The van der Waals surface area contributed by atoms with Gasteiger partial charge < -0.3 is 10.1 Å². The van der Waals surface area contributed by atoms with E-state index in [9.17, 15) is 4.79 Å². The number of rotatable bonds is 6. The lowest BCUT2D eigenvalue weighted by Crippen LogP contribution is -2.32. The van der Waals surface area contributed by atoms with Gasteiger partial charge in [-0.15, -0.1) is 0 Å². The topological polar surface area (TPSA) is 41.6 Å². The van der Waals surface area contributed by atoms with Crippen molar-refractivity contribution >= 4 is 11.7 Å². The first-order valence-electron chi connectivity index (χ1n) is 7.99. The molecule has 0 saturated heterocycles. The lowest BCUT2D eigenvalue weighted by molar-refractivity contribution is -0.140. The third-order valence-corrected chi connectivity index (χ3v) is 4.29. The molecule has 0 atom stereocenters. The maximum Gasteiger partial charge on any atom is 0.325 e. The van der Waals surface area contributed by atoms with Crippen LogP contribution in [0.25, 0.3) is 0 Å². The Morgan fingerprint density at radius 1 is 1.43 bits per heavy atom. The monoisotopic (exact) mass is 288 g/mol. The van der Waals surface area contributed by atoms with Crippen LogP contribution in [0, 0.1) is 5.92 Å². The number of hydrogen-bond acceptors (Lipinski definition) is 4. The zero-order chi connectivity index (χ0) is 14.7. The molecule has 1 aliphatic carbocycles. The van der Waals surface area contributed by atoms with Gasteiger partial charge in [-0.3, -0.25) is 9.69 Å². The van der Waals surface area contributed by atoms with Gasteiger partial charge in [0.05, 0.1) is 6.61 Å². The van der Waals surface area contributed by atoms with Gasteiger partial charge in [0.1, 0.15) is 6.54 Å². The van der Waals surface area contributed by atoms with E-state index >= 15 is 0 Å². The average molecular weight is 288 g/mol. The molecular weight excluding hydrogens is 264 g/mol. The number of carbonyl (C=O) groups excluding carboxylic acids is 1. The van der Waals surface area contributed by atoms with Gasteiger partial charge in [-0.1, -0.05) is 12.1 Å². The number of nitrogens with one attached hydrogen (secondary N) is 1. The van der Waals surface area contributed by atoms with Crippen molar-refractivity contribution in [2.24, 2.45) is 5.92 Å². The quantitative estimate of drug-likeness (QED) is 0.816. The molecule has 0 aromatic heterocycles. The van der Waals surface area contributed by atoms with Crippen LogP contribution in [-0.4, -0.2) is 37.1 Å². The van der Waals surface area contributed by atoms with Crippen molar-refractivity contribution in [1.29, 1.82) is 0 Å². The Labute approximate surface area is 126 Å². The highest BCUT2D eigenvalue weighted by Gasteiger charge is 2.26. The molecule has 1 fully saturated rings. The molecule has 4 nitrogen and oxygen atoms in total. The normalized spacial score (nSPS) is 18.1. The largest absolute Gasteiger partial charge is 0.465 e. The first-order chi connectivity index (χ1) is 10.3. The predicted octanol–water partition coefficient (Wildman–Crippen LogP) is 2.43. The highest BCUT2D eigenvalue weighted by molar-refractivity contribution is 5.75. The highest BCUT2D eigenvalue weighted by Crippen LogP contribution is 2.32. The third-order valence-electron chi connectivity index (χ3n) is 4.29. The number of ether oxygens (including phenoxy) is 1. The number of hydrogen-bond donors (Lipinski definition) is 1. The summed E-state index contributed by atoms with van der Waals surface area (Å²) in [5.74, 6) is 0.748. The molecule has 1 heterocycles. The first kappa shape index (κ1) is 14.4. The fourth-order valence-electron chi connectivity index (χ4n) is 3.03. The Morgan fingerprint density at radius 2 is 2.29 bits per heavy atom. The summed E-state index contributed by atoms with van der Waals surface area (Å²) in [6.07, 6.45) is 3.88. The van der Waals surface area contributed by atoms with Gasteiger partial charge in [0.15, 0.2) is 0 Å². The Kier molecular flexibility index (Phi) is 4.44. The Balaban J connectivity index is 1.62. The van der Waals surface area contributed by atoms with Crippen LogP contribution < -0.4 is 5.32 Å². The van der Waals surface area contributed by atoms with Gasteiger partial charge >= 0.3 is 5.97 Å². The summed E-state index contributed by atoms with van der Waals surface area (Å²) in [5, 5.41) is 3.23. The van der Waals surface area contributed by atoms with E-state index < -0.39 is 0 Å². The summed E-state index contributed by atoms with van der Waals surface area (Å²) in [6.45, 7) is 5.93. The van der Waals surface area contributed by atoms with Crippen molar-refractivity contribution < 1.29 is 9.53 Å². The molecule has 3 rings (SSSR count). The third kappa shape index (κ3) is 3.76. The highest BCUT2D eigenvalue weighted by atomic mass is 16.5. The Bertz CT molecular complexity index is 512. The van der Waals surface area contributed by atoms with Gasteiger partial charge in [0.25, 0.3) is 0 Å².